The molecule has 0 saturated heterocycles. The average Bonchev–Trinajstić information content (AvgIpc) is 2.36. The summed E-state index contributed by atoms with van der Waals surface area (Å²) < 4.78 is 10.2. The van der Waals surface area contributed by atoms with Crippen molar-refractivity contribution in [1.29, 1.82) is 0 Å². The predicted octanol–water partition coefficient (Wildman–Crippen LogP) is 1.65. The number of para-hydroxylation sites is 2. The van der Waals surface area contributed by atoms with Gasteiger partial charge < -0.3 is 20.5 Å². The van der Waals surface area contributed by atoms with E-state index < -0.39 is 0 Å². The Labute approximate surface area is 107 Å². The Morgan fingerprint density at radius 3 is 2.78 bits per heavy atom. The van der Waals surface area contributed by atoms with Crippen molar-refractivity contribution >= 4 is 17.3 Å². The molecule has 18 heavy (non-hydrogen) atoms. The lowest BCUT2D eigenvalue weighted by Gasteiger charge is -2.08. The molecular formula is C13H20N2O3. The van der Waals surface area contributed by atoms with Gasteiger partial charge in [0.2, 0.25) is 5.91 Å². The van der Waals surface area contributed by atoms with Crippen molar-refractivity contribution < 1.29 is 14.3 Å². The van der Waals surface area contributed by atoms with Gasteiger partial charge in [0.05, 0.1) is 24.4 Å². The van der Waals surface area contributed by atoms with E-state index in [1.165, 1.54) is 0 Å². The van der Waals surface area contributed by atoms with Crippen molar-refractivity contribution in [2.75, 3.05) is 38.0 Å². The van der Waals surface area contributed by atoms with Crippen molar-refractivity contribution in [3.8, 4) is 0 Å². The second-order valence-corrected chi connectivity index (χ2v) is 3.84. The molecule has 0 aromatic heterocycles. The highest BCUT2D eigenvalue weighted by molar-refractivity contribution is 5.93. The summed E-state index contributed by atoms with van der Waals surface area (Å²) in [6.07, 6.45) is 1.16. The van der Waals surface area contributed by atoms with Crippen molar-refractivity contribution in [1.82, 2.24) is 0 Å². The van der Waals surface area contributed by atoms with Crippen LogP contribution in [0.25, 0.3) is 0 Å². The lowest BCUT2D eigenvalue weighted by atomic mass is 10.2. The van der Waals surface area contributed by atoms with Crippen LogP contribution in [-0.2, 0) is 14.3 Å². The number of anilines is 2. The Kier molecular flexibility index (Phi) is 6.83. The summed E-state index contributed by atoms with van der Waals surface area (Å²) in [5, 5.41) is 2.74. The molecular weight excluding hydrogens is 232 g/mol. The summed E-state index contributed by atoms with van der Waals surface area (Å²) in [4.78, 5) is 11.6. The standard InChI is InChI=1S/C13H20N2O3/c1-17-8-4-9-18-10-7-13(16)15-12-6-3-2-5-11(12)14/h2-3,5-6H,4,7-10,14H2,1H3,(H,15,16). The van der Waals surface area contributed by atoms with Crippen LogP contribution in [0, 0.1) is 0 Å². The van der Waals surface area contributed by atoms with Gasteiger partial charge in [-0.1, -0.05) is 12.1 Å². The van der Waals surface area contributed by atoms with E-state index in [0.717, 1.165) is 6.42 Å². The van der Waals surface area contributed by atoms with Crippen LogP contribution in [0.3, 0.4) is 0 Å². The smallest absolute Gasteiger partial charge is 0.226 e. The van der Waals surface area contributed by atoms with E-state index in [9.17, 15) is 4.79 Å². The van der Waals surface area contributed by atoms with E-state index in [1.54, 1.807) is 19.2 Å². The van der Waals surface area contributed by atoms with Crippen LogP contribution in [0.5, 0.6) is 0 Å². The lowest BCUT2D eigenvalue weighted by Crippen LogP contribution is -2.15. The van der Waals surface area contributed by atoms with E-state index in [4.69, 9.17) is 15.2 Å². The van der Waals surface area contributed by atoms with E-state index in [-0.39, 0.29) is 5.91 Å². The van der Waals surface area contributed by atoms with Gasteiger partial charge in [0.15, 0.2) is 0 Å². The highest BCUT2D eigenvalue weighted by Gasteiger charge is 2.04. The predicted molar refractivity (Wildman–Crippen MR) is 71.4 cm³/mol. The SMILES string of the molecule is COCCCOCCC(=O)Nc1ccccc1N. The third-order valence-corrected chi connectivity index (χ3v) is 2.35. The third-order valence-electron chi connectivity index (χ3n) is 2.35. The number of carbonyl (C=O) groups excluding carboxylic acids is 1. The van der Waals surface area contributed by atoms with Crippen LogP contribution in [0.4, 0.5) is 11.4 Å². The van der Waals surface area contributed by atoms with Crippen LogP contribution in [-0.4, -0.2) is 32.8 Å². The van der Waals surface area contributed by atoms with Crippen LogP contribution >= 0.6 is 0 Å². The molecule has 5 heteroatoms. The number of ether oxygens (including phenoxy) is 2. The Morgan fingerprint density at radius 1 is 1.28 bits per heavy atom. The minimum Gasteiger partial charge on any atom is -0.397 e. The molecule has 0 unspecified atom stereocenters. The minimum absolute atomic E-state index is 0.0976. The second kappa shape index (κ2) is 8.49. The molecule has 0 atom stereocenters. The molecule has 0 spiro atoms. The number of nitrogens with one attached hydrogen (secondary N) is 1. The highest BCUT2D eigenvalue weighted by atomic mass is 16.5. The fraction of sp³-hybridized carbons (Fsp3) is 0.462. The molecule has 100 valence electrons. The summed E-state index contributed by atoms with van der Waals surface area (Å²) in [6.45, 7) is 1.68. The molecule has 0 aliphatic rings. The third kappa shape index (κ3) is 5.65. The summed E-state index contributed by atoms with van der Waals surface area (Å²) in [6, 6.07) is 7.17. The first kappa shape index (κ1) is 14.5. The number of methoxy groups -OCH3 is 1. The van der Waals surface area contributed by atoms with Crippen LogP contribution in [0.1, 0.15) is 12.8 Å². The van der Waals surface area contributed by atoms with Gasteiger partial charge in [0.1, 0.15) is 0 Å². The maximum Gasteiger partial charge on any atom is 0.226 e. The zero-order valence-corrected chi connectivity index (χ0v) is 10.6. The largest absolute Gasteiger partial charge is 0.397 e. The monoisotopic (exact) mass is 252 g/mol. The molecule has 5 nitrogen and oxygen atoms in total. The van der Waals surface area contributed by atoms with Gasteiger partial charge in [0, 0.05) is 20.3 Å². The summed E-state index contributed by atoms with van der Waals surface area (Å²) in [7, 11) is 1.65. The van der Waals surface area contributed by atoms with Crippen LogP contribution in [0.15, 0.2) is 24.3 Å². The molecule has 0 fully saturated rings. The van der Waals surface area contributed by atoms with Gasteiger partial charge in [-0.15, -0.1) is 0 Å². The maximum atomic E-state index is 11.6. The van der Waals surface area contributed by atoms with E-state index >= 15 is 0 Å². The summed E-state index contributed by atoms with van der Waals surface area (Å²) >= 11 is 0. The van der Waals surface area contributed by atoms with Crippen molar-refractivity contribution in [2.45, 2.75) is 12.8 Å². The van der Waals surface area contributed by atoms with Gasteiger partial charge in [-0.3, -0.25) is 4.79 Å². The fourth-order valence-corrected chi connectivity index (χ4v) is 1.40. The number of hydrogen-bond donors (Lipinski definition) is 2. The number of hydrogen-bond acceptors (Lipinski definition) is 4. The van der Waals surface area contributed by atoms with Gasteiger partial charge in [-0.05, 0) is 18.6 Å². The normalized spacial score (nSPS) is 10.3. The first-order valence-corrected chi connectivity index (χ1v) is 5.95. The average molecular weight is 252 g/mol. The molecule has 0 radical (unpaired) electrons. The molecule has 0 saturated carbocycles. The topological polar surface area (TPSA) is 73.6 Å². The van der Waals surface area contributed by atoms with Crippen molar-refractivity contribution in [2.24, 2.45) is 0 Å². The van der Waals surface area contributed by atoms with E-state index in [0.29, 0.717) is 37.6 Å². The van der Waals surface area contributed by atoms with Crippen LogP contribution < -0.4 is 11.1 Å². The number of benzene rings is 1. The molecule has 3 N–H and O–H groups in total. The Hall–Kier alpha value is -1.59. The lowest BCUT2D eigenvalue weighted by molar-refractivity contribution is -0.117. The summed E-state index contributed by atoms with van der Waals surface area (Å²) in [5.74, 6) is -0.0976. The van der Waals surface area contributed by atoms with Crippen molar-refractivity contribution in [3.63, 3.8) is 0 Å². The number of rotatable bonds is 8. The Balaban J connectivity index is 2.16. The molecule has 0 aliphatic carbocycles. The molecule has 0 bridgehead atoms. The van der Waals surface area contributed by atoms with Gasteiger partial charge in [0.25, 0.3) is 0 Å². The fourth-order valence-electron chi connectivity index (χ4n) is 1.40. The molecule has 1 aromatic carbocycles. The minimum atomic E-state index is -0.0976. The van der Waals surface area contributed by atoms with E-state index in [1.807, 2.05) is 12.1 Å². The zero-order chi connectivity index (χ0) is 13.2. The molecule has 1 rings (SSSR count). The Bertz CT molecular complexity index is 369. The summed E-state index contributed by atoms with van der Waals surface area (Å²) in [5.41, 5.74) is 6.92. The number of nitrogens with two attached hydrogens (primary N) is 1. The number of amides is 1. The van der Waals surface area contributed by atoms with E-state index in [2.05, 4.69) is 5.32 Å². The maximum absolute atomic E-state index is 11.6. The van der Waals surface area contributed by atoms with Gasteiger partial charge in [-0.2, -0.15) is 0 Å². The molecule has 1 aromatic rings. The first-order chi connectivity index (χ1) is 8.74. The zero-order valence-electron chi connectivity index (χ0n) is 10.6. The van der Waals surface area contributed by atoms with Gasteiger partial charge in [-0.25, -0.2) is 0 Å². The quantitative estimate of drug-likeness (QED) is 0.545. The Morgan fingerprint density at radius 2 is 2.06 bits per heavy atom. The molecule has 0 aliphatic heterocycles. The second-order valence-electron chi connectivity index (χ2n) is 3.84. The molecule has 0 heterocycles. The van der Waals surface area contributed by atoms with Crippen LogP contribution in [0.2, 0.25) is 0 Å². The van der Waals surface area contributed by atoms with Gasteiger partial charge >= 0.3 is 0 Å². The van der Waals surface area contributed by atoms with Crippen molar-refractivity contribution in [3.05, 3.63) is 24.3 Å². The number of carbonyl (C=O) groups is 1. The highest BCUT2D eigenvalue weighted by Crippen LogP contribution is 2.16. The molecule has 1 amide bonds. The first-order valence-electron chi connectivity index (χ1n) is 5.95. The number of nitrogen functional groups attached to an aromatic ring is 1.